The molecule has 5 nitrogen and oxygen atoms in total. The largest absolute Gasteiger partial charge is 0.381 e. The van der Waals surface area contributed by atoms with Crippen LogP contribution in [0.4, 0.5) is 0 Å². The average molecular weight is 270 g/mol. The molecule has 6 heteroatoms. The van der Waals surface area contributed by atoms with Crippen molar-refractivity contribution in [3.63, 3.8) is 0 Å². The molecule has 18 heavy (non-hydrogen) atoms. The Bertz CT molecular complexity index is 404. The van der Waals surface area contributed by atoms with E-state index in [1.165, 1.54) is 12.4 Å². The maximum atomic E-state index is 12.1. The van der Waals surface area contributed by atoms with Gasteiger partial charge in [0.1, 0.15) is 10.8 Å². The Hall–Kier alpha value is -1.20. The number of rotatable bonds is 3. The normalized spacial score (nSPS) is 16.6. The summed E-state index contributed by atoms with van der Waals surface area (Å²) >= 11 is 5.64. The van der Waals surface area contributed by atoms with Crippen LogP contribution in [0.25, 0.3) is 0 Å². The maximum absolute atomic E-state index is 12.1. The molecule has 1 fully saturated rings. The zero-order chi connectivity index (χ0) is 13.0. The molecule has 0 bridgehead atoms. The number of carbonyl (C=O) groups is 1. The summed E-state index contributed by atoms with van der Waals surface area (Å²) in [5.74, 6) is 0.388. The highest BCUT2D eigenvalue weighted by atomic mass is 35.5. The molecule has 1 aliphatic heterocycles. The monoisotopic (exact) mass is 269 g/mol. The summed E-state index contributed by atoms with van der Waals surface area (Å²) in [7, 11) is 1.79. The van der Waals surface area contributed by atoms with Crippen molar-refractivity contribution in [2.24, 2.45) is 5.92 Å². The zero-order valence-electron chi connectivity index (χ0n) is 10.3. The van der Waals surface area contributed by atoms with Crippen LogP contribution in [0.2, 0.25) is 5.15 Å². The molecule has 1 aromatic rings. The predicted molar refractivity (Wildman–Crippen MR) is 67.5 cm³/mol. The average Bonchev–Trinajstić information content (AvgIpc) is 2.40. The molecule has 2 rings (SSSR count). The van der Waals surface area contributed by atoms with Gasteiger partial charge in [0, 0.05) is 26.8 Å². The molecule has 0 spiro atoms. The molecule has 0 unspecified atom stereocenters. The van der Waals surface area contributed by atoms with Gasteiger partial charge >= 0.3 is 0 Å². The van der Waals surface area contributed by atoms with Crippen molar-refractivity contribution in [1.82, 2.24) is 14.9 Å². The lowest BCUT2D eigenvalue weighted by atomic mass is 10.00. The van der Waals surface area contributed by atoms with Crippen molar-refractivity contribution in [2.75, 3.05) is 26.8 Å². The third kappa shape index (κ3) is 3.40. The van der Waals surface area contributed by atoms with E-state index in [9.17, 15) is 4.79 Å². The van der Waals surface area contributed by atoms with Crippen molar-refractivity contribution in [2.45, 2.75) is 12.8 Å². The van der Waals surface area contributed by atoms with E-state index in [1.807, 2.05) is 0 Å². The minimum absolute atomic E-state index is 0.120. The summed E-state index contributed by atoms with van der Waals surface area (Å²) in [5, 5.41) is 0.290. The second-order valence-electron chi connectivity index (χ2n) is 4.47. The van der Waals surface area contributed by atoms with Crippen LogP contribution in [0.1, 0.15) is 23.3 Å². The number of carbonyl (C=O) groups excluding carboxylic acids is 1. The molecule has 1 amide bonds. The molecular weight excluding hydrogens is 254 g/mol. The van der Waals surface area contributed by atoms with E-state index in [4.69, 9.17) is 16.3 Å². The molecule has 1 aromatic heterocycles. The lowest BCUT2D eigenvalue weighted by Gasteiger charge is -2.26. The summed E-state index contributed by atoms with van der Waals surface area (Å²) in [4.78, 5) is 21.6. The fourth-order valence-corrected chi connectivity index (χ4v) is 2.12. The van der Waals surface area contributed by atoms with Crippen LogP contribution >= 0.6 is 11.6 Å². The molecule has 0 N–H and O–H groups in total. The Labute approximate surface area is 111 Å². The number of aromatic nitrogens is 2. The second-order valence-corrected chi connectivity index (χ2v) is 4.85. The van der Waals surface area contributed by atoms with E-state index in [0.29, 0.717) is 16.8 Å². The third-order valence-corrected chi connectivity index (χ3v) is 3.25. The molecule has 98 valence electrons. The molecule has 0 aliphatic carbocycles. The minimum Gasteiger partial charge on any atom is -0.381 e. The Kier molecular flexibility index (Phi) is 4.49. The Morgan fingerprint density at radius 1 is 1.44 bits per heavy atom. The van der Waals surface area contributed by atoms with Gasteiger partial charge < -0.3 is 9.64 Å². The standard InChI is InChI=1S/C12H16ClN3O2/c1-16(8-9-2-4-18-5-3-9)12(17)10-6-15-11(13)7-14-10/h6-7,9H,2-5,8H2,1H3. The first-order chi connectivity index (χ1) is 8.66. The van der Waals surface area contributed by atoms with Crippen LogP contribution in [0.3, 0.4) is 0 Å². The molecule has 0 radical (unpaired) electrons. The number of amides is 1. The van der Waals surface area contributed by atoms with E-state index in [0.717, 1.165) is 32.6 Å². The van der Waals surface area contributed by atoms with E-state index >= 15 is 0 Å². The van der Waals surface area contributed by atoms with E-state index in [1.54, 1.807) is 11.9 Å². The van der Waals surface area contributed by atoms with Gasteiger partial charge in [-0.05, 0) is 18.8 Å². The van der Waals surface area contributed by atoms with Gasteiger partial charge in [-0.15, -0.1) is 0 Å². The third-order valence-electron chi connectivity index (χ3n) is 3.06. The van der Waals surface area contributed by atoms with Crippen LogP contribution in [0, 0.1) is 5.92 Å². The number of hydrogen-bond acceptors (Lipinski definition) is 4. The summed E-state index contributed by atoms with van der Waals surface area (Å²) in [6.45, 7) is 2.30. The highest BCUT2D eigenvalue weighted by molar-refractivity contribution is 6.29. The van der Waals surface area contributed by atoms with E-state index < -0.39 is 0 Å². The topological polar surface area (TPSA) is 55.3 Å². The predicted octanol–water partition coefficient (Wildman–Crippen LogP) is 1.63. The van der Waals surface area contributed by atoms with Crippen LogP contribution in [0.5, 0.6) is 0 Å². The molecule has 2 heterocycles. The first-order valence-electron chi connectivity index (χ1n) is 5.97. The van der Waals surface area contributed by atoms with Crippen molar-refractivity contribution in [3.8, 4) is 0 Å². The van der Waals surface area contributed by atoms with Crippen LogP contribution in [-0.2, 0) is 4.74 Å². The van der Waals surface area contributed by atoms with Gasteiger partial charge in [-0.3, -0.25) is 4.79 Å². The lowest BCUT2D eigenvalue weighted by molar-refractivity contribution is 0.0495. The Morgan fingerprint density at radius 2 is 2.17 bits per heavy atom. The SMILES string of the molecule is CN(CC1CCOCC1)C(=O)c1cnc(Cl)cn1. The summed E-state index contributed by atoms with van der Waals surface area (Å²) < 4.78 is 5.30. The van der Waals surface area contributed by atoms with Crippen molar-refractivity contribution >= 4 is 17.5 Å². The fraction of sp³-hybridized carbons (Fsp3) is 0.583. The molecule has 0 atom stereocenters. The van der Waals surface area contributed by atoms with Crippen molar-refractivity contribution in [1.29, 1.82) is 0 Å². The van der Waals surface area contributed by atoms with Crippen LogP contribution < -0.4 is 0 Å². The van der Waals surface area contributed by atoms with Crippen LogP contribution in [-0.4, -0.2) is 47.6 Å². The summed E-state index contributed by atoms with van der Waals surface area (Å²) in [6, 6.07) is 0. The number of hydrogen-bond donors (Lipinski definition) is 0. The second kappa shape index (κ2) is 6.11. The van der Waals surface area contributed by atoms with Crippen molar-refractivity contribution in [3.05, 3.63) is 23.2 Å². The molecular formula is C12H16ClN3O2. The summed E-state index contributed by atoms with van der Waals surface area (Å²) in [5.41, 5.74) is 0.328. The fourth-order valence-electron chi connectivity index (χ4n) is 2.02. The van der Waals surface area contributed by atoms with Gasteiger partial charge in [0.2, 0.25) is 0 Å². The van der Waals surface area contributed by atoms with E-state index in [-0.39, 0.29) is 5.91 Å². The Morgan fingerprint density at radius 3 is 2.78 bits per heavy atom. The Balaban J connectivity index is 1.93. The van der Waals surface area contributed by atoms with E-state index in [2.05, 4.69) is 9.97 Å². The highest BCUT2D eigenvalue weighted by Crippen LogP contribution is 2.16. The maximum Gasteiger partial charge on any atom is 0.273 e. The minimum atomic E-state index is -0.120. The number of ether oxygens (including phenoxy) is 1. The first kappa shape index (κ1) is 13.2. The van der Waals surface area contributed by atoms with Gasteiger partial charge in [0.15, 0.2) is 0 Å². The molecule has 0 aromatic carbocycles. The smallest absolute Gasteiger partial charge is 0.273 e. The first-order valence-corrected chi connectivity index (χ1v) is 6.35. The van der Waals surface area contributed by atoms with Crippen LogP contribution in [0.15, 0.2) is 12.4 Å². The highest BCUT2D eigenvalue weighted by Gasteiger charge is 2.20. The van der Waals surface area contributed by atoms with Gasteiger partial charge in [-0.2, -0.15) is 0 Å². The molecule has 0 saturated carbocycles. The van der Waals surface area contributed by atoms with Crippen molar-refractivity contribution < 1.29 is 9.53 Å². The van der Waals surface area contributed by atoms with Gasteiger partial charge in [-0.1, -0.05) is 11.6 Å². The zero-order valence-corrected chi connectivity index (χ0v) is 11.1. The van der Waals surface area contributed by atoms with Gasteiger partial charge in [-0.25, -0.2) is 9.97 Å². The van der Waals surface area contributed by atoms with Gasteiger partial charge in [0.05, 0.1) is 12.4 Å². The quantitative estimate of drug-likeness (QED) is 0.837. The molecule has 1 aliphatic rings. The number of halogens is 1. The number of nitrogens with zero attached hydrogens (tertiary/aromatic N) is 3. The molecule has 1 saturated heterocycles. The lowest BCUT2D eigenvalue weighted by Crippen LogP contribution is -2.34. The van der Waals surface area contributed by atoms with Gasteiger partial charge in [0.25, 0.3) is 5.91 Å². The summed E-state index contributed by atoms with van der Waals surface area (Å²) in [6.07, 6.45) is 4.80.